The number of ether oxygens (including phenoxy) is 2. The quantitative estimate of drug-likeness (QED) is 0.686. The Hall–Kier alpha value is -2.01. The lowest BCUT2D eigenvalue weighted by Crippen LogP contribution is -2.30. The van der Waals surface area contributed by atoms with Gasteiger partial charge in [-0.15, -0.1) is 0 Å². The van der Waals surface area contributed by atoms with E-state index < -0.39 is 0 Å². The predicted molar refractivity (Wildman–Crippen MR) is 93.0 cm³/mol. The highest BCUT2D eigenvalue weighted by molar-refractivity contribution is 9.10. The molecule has 3 aliphatic rings. The second-order valence-corrected chi connectivity index (χ2v) is 7.26. The minimum absolute atomic E-state index is 0.0123. The van der Waals surface area contributed by atoms with Crippen molar-refractivity contribution >= 4 is 21.6 Å². The number of fused-ring (bicyclic) bond motifs is 4. The first-order valence-corrected chi connectivity index (χ1v) is 8.82. The van der Waals surface area contributed by atoms with Gasteiger partial charge in [0.25, 0.3) is 0 Å². The van der Waals surface area contributed by atoms with Gasteiger partial charge < -0.3 is 14.8 Å². The van der Waals surface area contributed by atoms with Crippen molar-refractivity contribution in [2.45, 2.75) is 18.4 Å². The molecule has 0 bridgehead atoms. The van der Waals surface area contributed by atoms with Crippen molar-refractivity contribution in [3.05, 3.63) is 63.9 Å². The Morgan fingerprint density at radius 1 is 1.12 bits per heavy atom. The fraction of sp³-hybridized carbons (Fsp3) is 0.263. The number of allylic oxidation sites excluding steroid dienone is 2. The molecule has 2 heterocycles. The number of rotatable bonds is 1. The first-order chi connectivity index (χ1) is 11.7. The summed E-state index contributed by atoms with van der Waals surface area (Å²) in [6.07, 6.45) is 5.38. The van der Waals surface area contributed by atoms with Gasteiger partial charge >= 0.3 is 0 Å². The molecule has 122 valence electrons. The summed E-state index contributed by atoms with van der Waals surface area (Å²) in [6.45, 7) is 0.244. The lowest BCUT2D eigenvalue weighted by atomic mass is 9.77. The number of benzene rings is 2. The topological polar surface area (TPSA) is 30.5 Å². The third kappa shape index (κ3) is 2.00. The summed E-state index contributed by atoms with van der Waals surface area (Å²) < 4.78 is 26.3. The van der Waals surface area contributed by atoms with Gasteiger partial charge in [-0.05, 0) is 41.7 Å². The molecule has 24 heavy (non-hydrogen) atoms. The fourth-order valence-electron chi connectivity index (χ4n) is 4.06. The normalized spacial score (nSPS) is 26.0. The van der Waals surface area contributed by atoms with Crippen molar-refractivity contribution < 1.29 is 13.9 Å². The van der Waals surface area contributed by atoms with Crippen LogP contribution in [0.15, 0.2) is 47.0 Å². The minimum atomic E-state index is -0.201. The van der Waals surface area contributed by atoms with Crippen LogP contribution in [0.1, 0.15) is 29.5 Å². The summed E-state index contributed by atoms with van der Waals surface area (Å²) in [7, 11) is 0. The molecule has 1 N–H and O–H groups in total. The Balaban J connectivity index is 1.64. The highest BCUT2D eigenvalue weighted by atomic mass is 79.9. The van der Waals surface area contributed by atoms with Crippen LogP contribution in [0.25, 0.3) is 0 Å². The smallest absolute Gasteiger partial charge is 0.231 e. The molecule has 0 fully saturated rings. The monoisotopic (exact) mass is 387 g/mol. The van der Waals surface area contributed by atoms with Crippen molar-refractivity contribution in [2.24, 2.45) is 5.92 Å². The van der Waals surface area contributed by atoms with Crippen molar-refractivity contribution in [3.63, 3.8) is 0 Å². The molecule has 3 atom stereocenters. The number of hydrogen-bond acceptors (Lipinski definition) is 3. The molecule has 0 radical (unpaired) electrons. The van der Waals surface area contributed by atoms with E-state index in [9.17, 15) is 4.39 Å². The summed E-state index contributed by atoms with van der Waals surface area (Å²) in [5.41, 5.74) is 2.73. The Bertz CT molecular complexity index is 867. The molecule has 2 aromatic carbocycles. The van der Waals surface area contributed by atoms with Gasteiger partial charge in [-0.2, -0.15) is 0 Å². The van der Waals surface area contributed by atoms with Crippen LogP contribution in [-0.2, 0) is 0 Å². The summed E-state index contributed by atoms with van der Waals surface area (Å²) in [5, 5.41) is 3.44. The fourth-order valence-corrected chi connectivity index (χ4v) is 4.63. The third-order valence-corrected chi connectivity index (χ3v) is 5.86. The van der Waals surface area contributed by atoms with Crippen LogP contribution in [0.4, 0.5) is 10.1 Å². The number of nitrogens with one attached hydrogen (secondary N) is 1. The van der Waals surface area contributed by atoms with Gasteiger partial charge in [0, 0.05) is 10.4 Å². The molecule has 2 aliphatic heterocycles. The Morgan fingerprint density at radius 3 is 2.83 bits per heavy atom. The zero-order valence-corrected chi connectivity index (χ0v) is 14.3. The van der Waals surface area contributed by atoms with Crippen LogP contribution >= 0.6 is 15.9 Å². The summed E-state index contributed by atoms with van der Waals surface area (Å²) >= 11 is 3.65. The molecule has 0 amide bonds. The first kappa shape index (κ1) is 14.3. The van der Waals surface area contributed by atoms with Gasteiger partial charge in [-0.25, -0.2) is 4.39 Å². The van der Waals surface area contributed by atoms with E-state index in [-0.39, 0.29) is 24.6 Å². The van der Waals surface area contributed by atoms with Crippen LogP contribution in [-0.4, -0.2) is 6.79 Å². The molecule has 2 aromatic rings. The Morgan fingerprint density at radius 2 is 1.96 bits per heavy atom. The largest absolute Gasteiger partial charge is 0.454 e. The number of hydrogen-bond donors (Lipinski definition) is 1. The Kier molecular flexibility index (Phi) is 3.13. The van der Waals surface area contributed by atoms with Gasteiger partial charge in [-0.3, -0.25) is 0 Å². The van der Waals surface area contributed by atoms with Gasteiger partial charge in [0.1, 0.15) is 5.82 Å². The molecular weight excluding hydrogens is 373 g/mol. The molecule has 5 rings (SSSR count). The average Bonchev–Trinajstić information content (AvgIpc) is 3.22. The van der Waals surface area contributed by atoms with E-state index >= 15 is 0 Å². The standard InChI is InChI=1S/C19H15BrFNO2/c20-14-8-17-16(23-9-24-17)7-13(14)18-11-4-1-3-10(11)12-5-2-6-15(21)19(12)22-18/h1-3,5-8,10-11,18,22H,4,9H2/t10-,11+,18-/m0/s1. The van der Waals surface area contributed by atoms with Crippen LogP contribution in [0.3, 0.4) is 0 Å². The predicted octanol–water partition coefficient (Wildman–Crippen LogP) is 5.14. The molecular formula is C19H15BrFNO2. The van der Waals surface area contributed by atoms with E-state index in [4.69, 9.17) is 9.47 Å². The van der Waals surface area contributed by atoms with E-state index in [1.807, 2.05) is 18.2 Å². The van der Waals surface area contributed by atoms with Crippen molar-refractivity contribution in [2.75, 3.05) is 12.1 Å². The van der Waals surface area contributed by atoms with Crippen LogP contribution < -0.4 is 14.8 Å². The SMILES string of the molecule is Fc1cccc2c1N[C@H](c1cc3c(cc1Br)OCO3)[C@@H]1CC=C[C@H]21. The molecule has 0 saturated carbocycles. The van der Waals surface area contributed by atoms with Crippen LogP contribution in [0.2, 0.25) is 0 Å². The van der Waals surface area contributed by atoms with Crippen molar-refractivity contribution in [1.29, 1.82) is 0 Å². The lowest BCUT2D eigenvalue weighted by Gasteiger charge is -2.38. The number of anilines is 1. The molecule has 3 nitrogen and oxygen atoms in total. The van der Waals surface area contributed by atoms with E-state index in [2.05, 4.69) is 33.4 Å². The third-order valence-electron chi connectivity index (χ3n) is 5.17. The van der Waals surface area contributed by atoms with Crippen molar-refractivity contribution in [1.82, 2.24) is 0 Å². The lowest BCUT2D eigenvalue weighted by molar-refractivity contribution is 0.174. The number of para-hydroxylation sites is 1. The molecule has 5 heteroatoms. The van der Waals surface area contributed by atoms with E-state index in [0.717, 1.165) is 33.5 Å². The van der Waals surface area contributed by atoms with E-state index in [1.165, 1.54) is 6.07 Å². The second kappa shape index (κ2) is 5.24. The van der Waals surface area contributed by atoms with Gasteiger partial charge in [0.2, 0.25) is 6.79 Å². The average molecular weight is 388 g/mol. The maximum Gasteiger partial charge on any atom is 0.231 e. The summed E-state index contributed by atoms with van der Waals surface area (Å²) in [6, 6.07) is 9.27. The maximum absolute atomic E-state index is 14.4. The van der Waals surface area contributed by atoms with E-state index in [1.54, 1.807) is 6.07 Å². The molecule has 0 unspecified atom stereocenters. The van der Waals surface area contributed by atoms with Gasteiger partial charge in [-0.1, -0.05) is 40.2 Å². The van der Waals surface area contributed by atoms with Crippen LogP contribution in [0, 0.1) is 11.7 Å². The van der Waals surface area contributed by atoms with Gasteiger partial charge in [0.05, 0.1) is 11.7 Å². The van der Waals surface area contributed by atoms with Gasteiger partial charge in [0.15, 0.2) is 11.5 Å². The Labute approximate surface area is 147 Å². The summed E-state index contributed by atoms with van der Waals surface area (Å²) in [5.74, 6) is 1.88. The second-order valence-electron chi connectivity index (χ2n) is 6.41. The molecule has 0 aromatic heterocycles. The highest BCUT2D eigenvalue weighted by Gasteiger charge is 2.40. The zero-order chi connectivity index (χ0) is 16.3. The first-order valence-electron chi connectivity index (χ1n) is 8.03. The zero-order valence-electron chi connectivity index (χ0n) is 12.8. The molecule has 1 aliphatic carbocycles. The highest BCUT2D eigenvalue weighted by Crippen LogP contribution is 2.52. The molecule has 0 spiro atoms. The summed E-state index contributed by atoms with van der Waals surface area (Å²) in [4.78, 5) is 0. The molecule has 0 saturated heterocycles. The van der Waals surface area contributed by atoms with Crippen molar-refractivity contribution in [3.8, 4) is 11.5 Å². The number of halogens is 2. The van der Waals surface area contributed by atoms with E-state index in [0.29, 0.717) is 11.6 Å². The minimum Gasteiger partial charge on any atom is -0.454 e. The maximum atomic E-state index is 14.4. The van der Waals surface area contributed by atoms with Crippen LogP contribution in [0.5, 0.6) is 11.5 Å².